The molecular weight excluding hydrogens is 598 g/mol. The number of benzene rings is 3. The zero-order valence-corrected chi connectivity index (χ0v) is 26.0. The van der Waals surface area contributed by atoms with Crippen molar-refractivity contribution in [3.63, 3.8) is 0 Å². The molecule has 1 saturated carbocycles. The van der Waals surface area contributed by atoms with E-state index in [2.05, 4.69) is 10.6 Å². The average Bonchev–Trinajstić information content (AvgIpc) is 3.50. The van der Waals surface area contributed by atoms with Gasteiger partial charge in [0.25, 0.3) is 5.91 Å². The number of anilines is 2. The molecule has 10 heteroatoms. The number of alkyl halides is 3. The molecule has 4 atom stereocenters. The Labute approximate surface area is 266 Å². The van der Waals surface area contributed by atoms with Crippen LogP contribution in [0.2, 0.25) is 0 Å². The number of carbonyl (C=O) groups is 2. The molecule has 46 heavy (non-hydrogen) atoms. The number of piperidine rings is 1. The zero-order chi connectivity index (χ0) is 32.6. The quantitative estimate of drug-likeness (QED) is 0.268. The first-order valence-corrected chi connectivity index (χ1v) is 16.0. The van der Waals surface area contributed by atoms with Crippen molar-refractivity contribution in [1.82, 2.24) is 4.90 Å². The predicted molar refractivity (Wildman–Crippen MR) is 168 cm³/mol. The lowest BCUT2D eigenvalue weighted by atomic mass is 9.76. The number of hydrogen-bond acceptors (Lipinski definition) is 4. The summed E-state index contributed by atoms with van der Waals surface area (Å²) < 4.78 is 61.8. The van der Waals surface area contributed by atoms with Crippen LogP contribution >= 0.6 is 0 Å². The summed E-state index contributed by atoms with van der Waals surface area (Å²) >= 11 is 0. The number of amides is 2. The number of carbonyl (C=O) groups excluding carboxylic acids is 2. The molecule has 0 aromatic heterocycles. The van der Waals surface area contributed by atoms with Crippen LogP contribution in [0.15, 0.2) is 60.7 Å². The van der Waals surface area contributed by atoms with Crippen molar-refractivity contribution in [1.29, 1.82) is 0 Å². The van der Waals surface area contributed by atoms with E-state index in [9.17, 15) is 22.8 Å². The van der Waals surface area contributed by atoms with Gasteiger partial charge in [-0.2, -0.15) is 13.2 Å². The van der Waals surface area contributed by atoms with E-state index in [4.69, 9.17) is 4.74 Å². The Balaban J connectivity index is 1.38. The maximum Gasteiger partial charge on any atom is 0.416 e. The van der Waals surface area contributed by atoms with Gasteiger partial charge in [-0.1, -0.05) is 36.8 Å². The van der Waals surface area contributed by atoms with E-state index in [-0.39, 0.29) is 34.8 Å². The fourth-order valence-corrected chi connectivity index (χ4v) is 7.56. The first-order chi connectivity index (χ1) is 22.0. The summed E-state index contributed by atoms with van der Waals surface area (Å²) in [5.41, 5.74) is 1.36. The second kappa shape index (κ2) is 13.1. The maximum atomic E-state index is 15.3. The predicted octanol–water partition coefficient (Wildman–Crippen LogP) is 8.06. The van der Waals surface area contributed by atoms with Crippen molar-refractivity contribution in [3.05, 3.63) is 94.3 Å². The molecular formula is C36H39F4N3O3. The number of hydrogen-bond donors (Lipinski definition) is 2. The molecule has 3 aromatic carbocycles. The number of fused-ring (bicyclic) bond motifs is 1. The molecule has 2 N–H and O–H groups in total. The Morgan fingerprint density at radius 2 is 1.61 bits per heavy atom. The first kappa shape index (κ1) is 32.0. The number of nitrogens with zero attached hydrogens (tertiary/aromatic N) is 1. The van der Waals surface area contributed by atoms with E-state index in [1.165, 1.54) is 25.1 Å². The number of aryl methyl sites for hydroxylation is 2. The maximum absolute atomic E-state index is 15.3. The van der Waals surface area contributed by atoms with Crippen LogP contribution in [0, 0.1) is 31.5 Å². The third-order valence-electron chi connectivity index (χ3n) is 9.88. The molecule has 2 amide bonds. The van der Waals surface area contributed by atoms with Crippen LogP contribution in [0.4, 0.5) is 28.9 Å². The highest BCUT2D eigenvalue weighted by Crippen LogP contribution is 2.49. The number of nitrogens with one attached hydrogen (secondary N) is 2. The van der Waals surface area contributed by atoms with Gasteiger partial charge in [0.2, 0.25) is 5.91 Å². The molecule has 1 aliphatic carbocycles. The highest BCUT2D eigenvalue weighted by atomic mass is 19.4. The molecule has 6 rings (SSSR count). The largest absolute Gasteiger partial charge is 0.416 e. The van der Waals surface area contributed by atoms with Crippen LogP contribution in [-0.4, -0.2) is 42.0 Å². The van der Waals surface area contributed by atoms with E-state index in [1.807, 2.05) is 24.3 Å². The molecule has 2 aliphatic heterocycles. The standard InChI is InChI=1S/C36H39F4N3O3/c1-21-9-12-27(20-29(21)36(38,39)40)42-34(44)28-19-24-6-4-8-31(24)43(35(45)32-22(2)5-3-7-30(32)37)33(28)23-10-13-25(14-11-23)41-26-15-17-46-18-16-26/h3,5,7,9-14,20,24,26,28,31,33,41H,4,6,8,15-19H2,1-2H3,(H,42,44). The van der Waals surface area contributed by atoms with Crippen LogP contribution in [0.1, 0.15) is 77.2 Å². The summed E-state index contributed by atoms with van der Waals surface area (Å²) in [6.45, 7) is 4.45. The van der Waals surface area contributed by atoms with Gasteiger partial charge in [-0.15, -0.1) is 0 Å². The van der Waals surface area contributed by atoms with Crippen LogP contribution < -0.4 is 10.6 Å². The highest BCUT2D eigenvalue weighted by molar-refractivity contribution is 5.98. The average molecular weight is 638 g/mol. The molecule has 244 valence electrons. The minimum Gasteiger partial charge on any atom is -0.382 e. The fraction of sp³-hybridized carbons (Fsp3) is 0.444. The van der Waals surface area contributed by atoms with E-state index >= 15 is 4.39 Å². The SMILES string of the molecule is Cc1ccc(NC(=O)C2CC3CCCC3N(C(=O)c3c(C)cccc3F)C2c2ccc(NC3CCOCC3)cc2)cc1C(F)(F)F. The second-order valence-electron chi connectivity index (χ2n) is 12.9. The van der Waals surface area contributed by atoms with Crippen LogP contribution in [0.25, 0.3) is 0 Å². The fourth-order valence-electron chi connectivity index (χ4n) is 7.56. The van der Waals surface area contributed by atoms with Crippen molar-refractivity contribution in [2.75, 3.05) is 23.8 Å². The second-order valence-corrected chi connectivity index (χ2v) is 12.9. The normalized spacial score (nSPS) is 23.6. The van der Waals surface area contributed by atoms with Crippen LogP contribution in [0.3, 0.4) is 0 Å². The number of likely N-dealkylation sites (tertiary alicyclic amines) is 1. The van der Waals surface area contributed by atoms with Gasteiger partial charge in [0.1, 0.15) is 5.82 Å². The smallest absolute Gasteiger partial charge is 0.382 e. The minimum absolute atomic E-state index is 0.00115. The molecule has 0 spiro atoms. The van der Waals surface area contributed by atoms with Crippen molar-refractivity contribution in [2.45, 2.75) is 76.7 Å². The van der Waals surface area contributed by atoms with Gasteiger partial charge in [0.15, 0.2) is 0 Å². The minimum atomic E-state index is -4.57. The van der Waals surface area contributed by atoms with Gasteiger partial charge in [0.05, 0.1) is 23.1 Å². The molecule has 3 fully saturated rings. The van der Waals surface area contributed by atoms with Crippen LogP contribution in [-0.2, 0) is 15.7 Å². The van der Waals surface area contributed by atoms with Gasteiger partial charge in [-0.3, -0.25) is 9.59 Å². The summed E-state index contributed by atoms with van der Waals surface area (Å²) in [6, 6.07) is 15.2. The Morgan fingerprint density at radius 1 is 0.891 bits per heavy atom. The van der Waals surface area contributed by atoms with Gasteiger partial charge in [-0.25, -0.2) is 4.39 Å². The number of ether oxygens (including phenoxy) is 1. The molecule has 2 saturated heterocycles. The summed E-state index contributed by atoms with van der Waals surface area (Å²) in [6.07, 6.45) is 0.0437. The molecule has 3 aliphatic rings. The Bertz CT molecular complexity index is 1570. The van der Waals surface area contributed by atoms with Gasteiger partial charge < -0.3 is 20.3 Å². The molecule has 4 unspecified atom stereocenters. The number of rotatable bonds is 6. The Hall–Kier alpha value is -3.92. The van der Waals surface area contributed by atoms with Crippen molar-refractivity contribution >= 4 is 23.2 Å². The van der Waals surface area contributed by atoms with Crippen LogP contribution in [0.5, 0.6) is 0 Å². The Kier molecular flexibility index (Phi) is 9.10. The lowest BCUT2D eigenvalue weighted by Crippen LogP contribution is -2.54. The molecule has 2 heterocycles. The number of halogens is 4. The van der Waals surface area contributed by atoms with E-state index in [0.29, 0.717) is 30.8 Å². The van der Waals surface area contributed by atoms with Gasteiger partial charge >= 0.3 is 6.18 Å². The third kappa shape index (κ3) is 6.49. The molecule has 0 bridgehead atoms. The molecule has 6 nitrogen and oxygen atoms in total. The monoisotopic (exact) mass is 637 g/mol. The Morgan fingerprint density at radius 3 is 2.30 bits per heavy atom. The summed E-state index contributed by atoms with van der Waals surface area (Å²) in [5, 5.41) is 6.27. The van der Waals surface area contributed by atoms with Gasteiger partial charge in [-0.05, 0) is 98.9 Å². The topological polar surface area (TPSA) is 70.7 Å². The van der Waals surface area contributed by atoms with Crippen molar-refractivity contribution in [3.8, 4) is 0 Å². The van der Waals surface area contributed by atoms with Crippen molar-refractivity contribution in [2.24, 2.45) is 11.8 Å². The van der Waals surface area contributed by atoms with Crippen molar-refractivity contribution < 1.29 is 31.9 Å². The van der Waals surface area contributed by atoms with E-state index < -0.39 is 41.3 Å². The molecule has 0 radical (unpaired) electrons. The lowest BCUT2D eigenvalue weighted by Gasteiger charge is -2.48. The first-order valence-electron chi connectivity index (χ1n) is 16.0. The van der Waals surface area contributed by atoms with E-state index in [0.717, 1.165) is 43.9 Å². The molecule has 3 aromatic rings. The lowest BCUT2D eigenvalue weighted by molar-refractivity contribution is -0.138. The third-order valence-corrected chi connectivity index (χ3v) is 9.88. The van der Waals surface area contributed by atoms with Gasteiger partial charge in [0, 0.05) is 36.7 Å². The van der Waals surface area contributed by atoms with E-state index in [1.54, 1.807) is 24.0 Å². The summed E-state index contributed by atoms with van der Waals surface area (Å²) in [5.74, 6) is -2.35. The summed E-state index contributed by atoms with van der Waals surface area (Å²) in [7, 11) is 0. The highest BCUT2D eigenvalue weighted by Gasteiger charge is 2.50. The zero-order valence-electron chi connectivity index (χ0n) is 26.0. The summed E-state index contributed by atoms with van der Waals surface area (Å²) in [4.78, 5) is 30.2.